The number of ketones is 1. The zero-order valence-corrected chi connectivity index (χ0v) is 12.4. The fourth-order valence-electron chi connectivity index (χ4n) is 2.57. The van der Waals surface area contributed by atoms with Gasteiger partial charge in [0.15, 0.2) is 5.78 Å². The third-order valence-corrected chi connectivity index (χ3v) is 3.72. The topological polar surface area (TPSA) is 47.8 Å². The maximum Gasteiger partial charge on any atom is 0.172 e. The number of carbonyl (C=O) groups excluding carboxylic acids is 1. The minimum absolute atomic E-state index is 0.0541. The van der Waals surface area contributed by atoms with Gasteiger partial charge in [-0.15, -0.1) is 0 Å². The molecule has 0 unspecified atom stereocenters. The third-order valence-electron chi connectivity index (χ3n) is 3.72. The number of pyridine rings is 1. The van der Waals surface area contributed by atoms with Gasteiger partial charge in [0.1, 0.15) is 5.82 Å². The Morgan fingerprint density at radius 1 is 1.10 bits per heavy atom. The first-order chi connectivity index (χ1) is 10.1. The van der Waals surface area contributed by atoms with Crippen molar-refractivity contribution in [1.82, 2.24) is 14.5 Å². The van der Waals surface area contributed by atoms with Gasteiger partial charge in [-0.05, 0) is 38.1 Å². The number of Topliss-reactive ketones (excluding diaryl/α,β-unsaturated/α-hetero) is 1. The molecule has 0 N–H and O–H groups in total. The molecule has 0 saturated heterocycles. The van der Waals surface area contributed by atoms with E-state index in [4.69, 9.17) is 0 Å². The average molecular weight is 279 g/mol. The van der Waals surface area contributed by atoms with Crippen LogP contribution in [0.2, 0.25) is 0 Å². The Hall–Kier alpha value is -2.49. The summed E-state index contributed by atoms with van der Waals surface area (Å²) in [5.41, 5.74) is 4.33. The Balaban J connectivity index is 1.94. The molecule has 3 rings (SSSR count). The molecule has 0 spiro atoms. The summed E-state index contributed by atoms with van der Waals surface area (Å²) < 4.78 is 1.98. The molecular weight excluding hydrogens is 262 g/mol. The van der Waals surface area contributed by atoms with Crippen molar-refractivity contribution in [2.24, 2.45) is 7.05 Å². The molecule has 0 atom stereocenters. The molecule has 0 aliphatic heterocycles. The summed E-state index contributed by atoms with van der Waals surface area (Å²) in [5, 5.41) is 0. The summed E-state index contributed by atoms with van der Waals surface area (Å²) in [5.74, 6) is 0.833. The maximum atomic E-state index is 12.5. The van der Waals surface area contributed by atoms with Crippen LogP contribution in [0.25, 0.3) is 11.0 Å². The monoisotopic (exact) mass is 279 g/mol. The highest BCUT2D eigenvalue weighted by atomic mass is 16.1. The molecule has 1 aromatic carbocycles. The van der Waals surface area contributed by atoms with Gasteiger partial charge >= 0.3 is 0 Å². The van der Waals surface area contributed by atoms with Gasteiger partial charge in [-0.1, -0.05) is 12.1 Å². The Labute approximate surface area is 123 Å². The van der Waals surface area contributed by atoms with Gasteiger partial charge in [-0.25, -0.2) is 4.98 Å². The lowest BCUT2D eigenvalue weighted by Gasteiger charge is -2.05. The second-order valence-corrected chi connectivity index (χ2v) is 5.26. The van der Waals surface area contributed by atoms with E-state index in [0.29, 0.717) is 5.56 Å². The molecular formula is C17H17N3O. The second-order valence-electron chi connectivity index (χ2n) is 5.26. The Morgan fingerprint density at radius 2 is 1.86 bits per heavy atom. The molecule has 0 aliphatic carbocycles. The number of carbonyl (C=O) groups is 1. The van der Waals surface area contributed by atoms with Crippen LogP contribution in [0, 0.1) is 13.8 Å². The largest absolute Gasteiger partial charge is 0.331 e. The van der Waals surface area contributed by atoms with Gasteiger partial charge in [-0.2, -0.15) is 0 Å². The smallest absolute Gasteiger partial charge is 0.172 e. The molecule has 0 aliphatic rings. The summed E-state index contributed by atoms with van der Waals surface area (Å²) in [6.45, 7) is 3.79. The molecule has 0 bridgehead atoms. The number of fused-ring (bicyclic) bond motifs is 1. The molecule has 0 fully saturated rings. The highest BCUT2D eigenvalue weighted by Gasteiger charge is 2.15. The van der Waals surface area contributed by atoms with E-state index >= 15 is 0 Å². The highest BCUT2D eigenvalue weighted by molar-refractivity contribution is 5.98. The van der Waals surface area contributed by atoms with E-state index in [1.54, 1.807) is 0 Å². The fourth-order valence-corrected chi connectivity index (χ4v) is 2.57. The summed E-state index contributed by atoms with van der Waals surface area (Å²) >= 11 is 0. The molecule has 2 aromatic heterocycles. The predicted octanol–water partition coefficient (Wildman–Crippen LogP) is 3.01. The first-order valence-electron chi connectivity index (χ1n) is 6.94. The van der Waals surface area contributed by atoms with Crippen molar-refractivity contribution >= 4 is 16.8 Å². The number of rotatable bonds is 3. The van der Waals surface area contributed by atoms with E-state index in [1.807, 2.05) is 61.9 Å². The molecule has 0 saturated carbocycles. The second kappa shape index (κ2) is 5.13. The summed E-state index contributed by atoms with van der Waals surface area (Å²) in [4.78, 5) is 21.4. The number of aromatic nitrogens is 3. The van der Waals surface area contributed by atoms with Crippen LogP contribution in [0.15, 0.2) is 36.4 Å². The van der Waals surface area contributed by atoms with Crippen molar-refractivity contribution in [2.75, 3.05) is 0 Å². The lowest BCUT2D eigenvalue weighted by Crippen LogP contribution is -2.10. The number of imidazole rings is 1. The van der Waals surface area contributed by atoms with Gasteiger partial charge in [0, 0.05) is 24.0 Å². The Morgan fingerprint density at radius 3 is 2.57 bits per heavy atom. The number of nitrogens with zero attached hydrogens (tertiary/aromatic N) is 3. The van der Waals surface area contributed by atoms with Crippen molar-refractivity contribution in [1.29, 1.82) is 0 Å². The van der Waals surface area contributed by atoms with E-state index in [2.05, 4.69) is 9.97 Å². The standard InChI is InChI=1S/C17H17N3O/c1-11-8-9-13(12(2)18-11)16(21)10-17-19-14-6-4-5-7-15(14)20(17)3/h4-9H,10H2,1-3H3. The maximum absolute atomic E-state index is 12.5. The molecule has 3 aromatic rings. The zero-order chi connectivity index (χ0) is 15.0. The van der Waals surface area contributed by atoms with Crippen LogP contribution in [0.1, 0.15) is 27.6 Å². The highest BCUT2D eigenvalue weighted by Crippen LogP contribution is 2.16. The molecule has 106 valence electrons. The zero-order valence-electron chi connectivity index (χ0n) is 12.4. The van der Waals surface area contributed by atoms with E-state index in [0.717, 1.165) is 28.2 Å². The van der Waals surface area contributed by atoms with Gasteiger partial charge in [0.2, 0.25) is 0 Å². The lowest BCUT2D eigenvalue weighted by atomic mass is 10.1. The minimum atomic E-state index is 0.0541. The first kappa shape index (κ1) is 13.5. The van der Waals surface area contributed by atoms with Gasteiger partial charge in [-0.3, -0.25) is 9.78 Å². The fraction of sp³-hybridized carbons (Fsp3) is 0.235. The average Bonchev–Trinajstić information content (AvgIpc) is 2.76. The molecule has 0 radical (unpaired) electrons. The van der Waals surface area contributed by atoms with Crippen LogP contribution >= 0.6 is 0 Å². The normalized spacial score (nSPS) is 11.0. The number of benzene rings is 1. The summed E-state index contributed by atoms with van der Waals surface area (Å²) in [6, 6.07) is 11.6. The van der Waals surface area contributed by atoms with Crippen LogP contribution < -0.4 is 0 Å². The van der Waals surface area contributed by atoms with Crippen LogP contribution in [0.5, 0.6) is 0 Å². The molecule has 2 heterocycles. The minimum Gasteiger partial charge on any atom is -0.331 e. The van der Waals surface area contributed by atoms with Crippen LogP contribution in [-0.2, 0) is 13.5 Å². The Bertz CT molecular complexity index is 833. The van der Waals surface area contributed by atoms with Crippen LogP contribution in [0.4, 0.5) is 0 Å². The number of para-hydroxylation sites is 2. The van der Waals surface area contributed by atoms with E-state index in [9.17, 15) is 4.79 Å². The van der Waals surface area contributed by atoms with Crippen LogP contribution in [0.3, 0.4) is 0 Å². The van der Waals surface area contributed by atoms with Crippen molar-refractivity contribution in [3.05, 3.63) is 59.2 Å². The summed E-state index contributed by atoms with van der Waals surface area (Å²) in [7, 11) is 1.94. The lowest BCUT2D eigenvalue weighted by molar-refractivity contribution is 0.0989. The number of aryl methyl sites for hydroxylation is 3. The molecule has 4 nitrogen and oxygen atoms in total. The molecule has 21 heavy (non-hydrogen) atoms. The quantitative estimate of drug-likeness (QED) is 0.692. The third kappa shape index (κ3) is 2.44. The van der Waals surface area contributed by atoms with Crippen molar-refractivity contribution < 1.29 is 4.79 Å². The van der Waals surface area contributed by atoms with E-state index < -0.39 is 0 Å². The van der Waals surface area contributed by atoms with Crippen molar-refractivity contribution in [2.45, 2.75) is 20.3 Å². The van der Waals surface area contributed by atoms with E-state index in [1.165, 1.54) is 0 Å². The molecule has 4 heteroatoms. The number of hydrogen-bond acceptors (Lipinski definition) is 3. The predicted molar refractivity (Wildman–Crippen MR) is 82.5 cm³/mol. The Kier molecular flexibility index (Phi) is 3.29. The van der Waals surface area contributed by atoms with Crippen LogP contribution in [-0.4, -0.2) is 20.3 Å². The SMILES string of the molecule is Cc1ccc(C(=O)Cc2nc3ccccc3n2C)c(C)n1. The summed E-state index contributed by atoms with van der Waals surface area (Å²) in [6.07, 6.45) is 0.288. The van der Waals surface area contributed by atoms with E-state index in [-0.39, 0.29) is 12.2 Å². The van der Waals surface area contributed by atoms with Crippen molar-refractivity contribution in [3.8, 4) is 0 Å². The molecule has 0 amide bonds. The van der Waals surface area contributed by atoms with Crippen molar-refractivity contribution in [3.63, 3.8) is 0 Å². The van der Waals surface area contributed by atoms with Gasteiger partial charge in [0.25, 0.3) is 0 Å². The van der Waals surface area contributed by atoms with Gasteiger partial charge in [0.05, 0.1) is 17.5 Å². The number of hydrogen-bond donors (Lipinski definition) is 0. The first-order valence-corrected chi connectivity index (χ1v) is 6.94. The van der Waals surface area contributed by atoms with Gasteiger partial charge < -0.3 is 4.57 Å².